The fourth-order valence-electron chi connectivity index (χ4n) is 2.96. The molecule has 4 aromatic rings. The van der Waals surface area contributed by atoms with E-state index in [2.05, 4.69) is 39.0 Å². The van der Waals surface area contributed by atoms with Crippen LogP contribution < -0.4 is 10.9 Å². The van der Waals surface area contributed by atoms with Gasteiger partial charge in [-0.05, 0) is 43.3 Å². The highest BCUT2D eigenvalue weighted by molar-refractivity contribution is 7.14. The molecule has 0 spiro atoms. The average Bonchev–Trinajstić information content (AvgIpc) is 3.28. The molecule has 28 heavy (non-hydrogen) atoms. The second-order valence-electron chi connectivity index (χ2n) is 7.59. The Morgan fingerprint density at radius 1 is 1.18 bits per heavy atom. The van der Waals surface area contributed by atoms with Gasteiger partial charge in [0, 0.05) is 22.8 Å². The number of nitrogens with zero attached hydrogens (tertiary/aromatic N) is 2. The Bertz CT molecular complexity index is 1210. The lowest BCUT2D eigenvalue weighted by atomic mass is 10.1. The topological polar surface area (TPSA) is 79.3 Å². The van der Waals surface area contributed by atoms with E-state index in [1.807, 2.05) is 39.0 Å². The summed E-state index contributed by atoms with van der Waals surface area (Å²) in [7, 11) is 0. The lowest BCUT2D eigenvalue weighted by Gasteiger charge is -2.20. The molecule has 0 unspecified atom stereocenters. The number of nitrogens with one attached hydrogen (secondary N) is 2. The lowest BCUT2D eigenvalue weighted by Crippen LogP contribution is -2.43. The normalized spacial score (nSPS) is 11.7. The van der Waals surface area contributed by atoms with Crippen molar-refractivity contribution in [2.24, 2.45) is 0 Å². The molecule has 7 heteroatoms. The highest BCUT2D eigenvalue weighted by atomic mass is 32.1. The number of benzene rings is 1. The van der Waals surface area contributed by atoms with Crippen LogP contribution in [0.5, 0.6) is 0 Å². The number of aromatic amines is 1. The van der Waals surface area contributed by atoms with Gasteiger partial charge in [-0.25, -0.2) is 9.50 Å². The van der Waals surface area contributed by atoms with Crippen LogP contribution in [0.4, 0.5) is 0 Å². The molecule has 0 bridgehead atoms. The van der Waals surface area contributed by atoms with Crippen molar-refractivity contribution in [2.45, 2.75) is 26.3 Å². The number of aromatic nitrogens is 3. The van der Waals surface area contributed by atoms with E-state index >= 15 is 0 Å². The number of hydrogen-bond donors (Lipinski definition) is 2. The molecule has 0 saturated heterocycles. The minimum Gasteiger partial charge on any atom is -0.347 e. The molecule has 0 aliphatic rings. The maximum atomic E-state index is 12.8. The van der Waals surface area contributed by atoms with Crippen molar-refractivity contribution in [1.29, 1.82) is 0 Å². The Labute approximate surface area is 165 Å². The molecule has 0 radical (unpaired) electrons. The molecule has 0 saturated carbocycles. The first kappa shape index (κ1) is 18.2. The van der Waals surface area contributed by atoms with Crippen LogP contribution in [-0.2, 0) is 0 Å². The van der Waals surface area contributed by atoms with Crippen molar-refractivity contribution in [3.8, 4) is 21.6 Å². The van der Waals surface area contributed by atoms with Crippen LogP contribution in [0.2, 0.25) is 0 Å². The van der Waals surface area contributed by atoms with E-state index in [0.717, 1.165) is 21.6 Å². The molecule has 0 fully saturated rings. The fourth-order valence-corrected chi connectivity index (χ4v) is 3.89. The van der Waals surface area contributed by atoms with Crippen molar-refractivity contribution in [2.75, 3.05) is 0 Å². The van der Waals surface area contributed by atoms with Gasteiger partial charge in [0.25, 0.3) is 11.5 Å². The third-order valence-electron chi connectivity index (χ3n) is 4.25. The van der Waals surface area contributed by atoms with Gasteiger partial charge in [-0.2, -0.15) is 0 Å². The number of H-pyrrole nitrogens is 1. The summed E-state index contributed by atoms with van der Waals surface area (Å²) in [5, 5.41) is 7.81. The third-order valence-corrected chi connectivity index (χ3v) is 5.21. The maximum absolute atomic E-state index is 12.8. The van der Waals surface area contributed by atoms with Crippen molar-refractivity contribution < 1.29 is 4.79 Å². The summed E-state index contributed by atoms with van der Waals surface area (Å²) in [6, 6.07) is 12.2. The zero-order chi connectivity index (χ0) is 19.9. The molecule has 1 aromatic carbocycles. The van der Waals surface area contributed by atoms with Gasteiger partial charge in [-0.15, -0.1) is 11.3 Å². The van der Waals surface area contributed by atoms with E-state index in [4.69, 9.17) is 0 Å². The molecular formula is C21H20N4O2S. The summed E-state index contributed by atoms with van der Waals surface area (Å²) in [4.78, 5) is 30.5. The van der Waals surface area contributed by atoms with E-state index in [-0.39, 0.29) is 5.56 Å². The summed E-state index contributed by atoms with van der Waals surface area (Å²) in [5.74, 6) is -0.432. The second kappa shape index (κ2) is 6.76. The molecule has 1 amide bonds. The van der Waals surface area contributed by atoms with Crippen LogP contribution in [0, 0.1) is 0 Å². The van der Waals surface area contributed by atoms with E-state index in [1.54, 1.807) is 17.5 Å². The Morgan fingerprint density at radius 3 is 2.64 bits per heavy atom. The Kier molecular flexibility index (Phi) is 4.39. The van der Waals surface area contributed by atoms with Crippen LogP contribution in [0.15, 0.2) is 59.0 Å². The van der Waals surface area contributed by atoms with Gasteiger partial charge in [0.05, 0.1) is 5.56 Å². The predicted octanol–water partition coefficient (Wildman–Crippen LogP) is 3.95. The van der Waals surface area contributed by atoms with Gasteiger partial charge in [0.15, 0.2) is 5.65 Å². The Balaban J connectivity index is 1.73. The summed E-state index contributed by atoms with van der Waals surface area (Å²) in [6.07, 6.45) is 3.09. The average molecular weight is 392 g/mol. The predicted molar refractivity (Wildman–Crippen MR) is 112 cm³/mol. The number of fused-ring (bicyclic) bond motifs is 1. The lowest BCUT2D eigenvalue weighted by molar-refractivity contribution is 0.0917. The van der Waals surface area contributed by atoms with E-state index in [1.165, 1.54) is 10.7 Å². The molecule has 3 heterocycles. The monoisotopic (exact) mass is 392 g/mol. The number of amides is 1. The number of carbonyl (C=O) groups is 1. The third kappa shape index (κ3) is 3.36. The van der Waals surface area contributed by atoms with Gasteiger partial charge < -0.3 is 5.32 Å². The molecule has 4 rings (SSSR count). The Morgan fingerprint density at radius 2 is 1.93 bits per heavy atom. The fraction of sp³-hybridized carbons (Fsp3) is 0.190. The molecule has 0 aliphatic carbocycles. The van der Waals surface area contributed by atoms with Gasteiger partial charge in [-0.1, -0.05) is 30.3 Å². The maximum Gasteiger partial charge on any atom is 0.285 e. The summed E-state index contributed by atoms with van der Waals surface area (Å²) >= 11 is 1.59. The number of hydrogen-bond acceptors (Lipinski definition) is 4. The largest absolute Gasteiger partial charge is 0.347 e. The minimum absolute atomic E-state index is 0.0111. The van der Waals surface area contributed by atoms with Crippen molar-refractivity contribution >= 4 is 22.9 Å². The molecular weight excluding hydrogens is 372 g/mol. The van der Waals surface area contributed by atoms with Gasteiger partial charge in [0.2, 0.25) is 0 Å². The van der Waals surface area contributed by atoms with Gasteiger partial charge in [0.1, 0.15) is 5.56 Å². The molecule has 6 nitrogen and oxygen atoms in total. The van der Waals surface area contributed by atoms with Gasteiger partial charge in [-0.3, -0.25) is 14.7 Å². The van der Waals surface area contributed by atoms with Crippen LogP contribution in [-0.4, -0.2) is 26.0 Å². The quantitative estimate of drug-likeness (QED) is 0.554. The first-order valence-corrected chi connectivity index (χ1v) is 9.77. The smallest absolute Gasteiger partial charge is 0.285 e. The van der Waals surface area contributed by atoms with E-state index in [0.29, 0.717) is 5.65 Å². The van der Waals surface area contributed by atoms with E-state index < -0.39 is 17.0 Å². The zero-order valence-electron chi connectivity index (χ0n) is 15.8. The van der Waals surface area contributed by atoms with Crippen LogP contribution in [0.25, 0.3) is 27.2 Å². The molecule has 3 aromatic heterocycles. The minimum atomic E-state index is -0.436. The van der Waals surface area contributed by atoms with Crippen molar-refractivity contribution in [3.05, 3.63) is 70.1 Å². The highest BCUT2D eigenvalue weighted by Crippen LogP contribution is 2.33. The zero-order valence-corrected chi connectivity index (χ0v) is 16.6. The first-order chi connectivity index (χ1) is 13.3. The second-order valence-corrected chi connectivity index (χ2v) is 8.50. The molecule has 2 N–H and O–H groups in total. The van der Waals surface area contributed by atoms with Crippen LogP contribution >= 0.6 is 11.3 Å². The highest BCUT2D eigenvalue weighted by Gasteiger charge is 2.21. The SMILES string of the molecule is CC(C)(C)NC(=O)c1cnc2c(-c3cc(-c4ccccc4)cs3)c[nH]n2c1=O. The van der Waals surface area contributed by atoms with Crippen LogP contribution in [0.1, 0.15) is 31.1 Å². The number of thiophene rings is 1. The van der Waals surface area contributed by atoms with Crippen molar-refractivity contribution in [3.63, 3.8) is 0 Å². The van der Waals surface area contributed by atoms with E-state index in [9.17, 15) is 9.59 Å². The first-order valence-electron chi connectivity index (χ1n) is 8.89. The van der Waals surface area contributed by atoms with Crippen LogP contribution in [0.3, 0.4) is 0 Å². The molecule has 0 atom stereocenters. The number of rotatable bonds is 3. The van der Waals surface area contributed by atoms with Gasteiger partial charge >= 0.3 is 0 Å². The summed E-state index contributed by atoms with van der Waals surface area (Å²) < 4.78 is 1.31. The molecule has 0 aliphatic heterocycles. The summed E-state index contributed by atoms with van der Waals surface area (Å²) in [5.41, 5.74) is 2.73. The summed E-state index contributed by atoms with van der Waals surface area (Å²) in [6.45, 7) is 5.59. The van der Waals surface area contributed by atoms with Crippen molar-refractivity contribution in [1.82, 2.24) is 19.9 Å². The standard InChI is InChI=1S/C21H20N4O2S/c1-21(2,3)24-19(26)16-10-22-18-15(11-23-25(18)20(16)27)17-9-14(12-28-17)13-7-5-4-6-8-13/h4-12,23H,1-3H3,(H,24,26). The molecule has 142 valence electrons. The Hall–Kier alpha value is -3.19. The number of carbonyl (C=O) groups excluding carboxylic acids is 1.